The van der Waals surface area contributed by atoms with E-state index >= 15 is 0 Å². The van der Waals surface area contributed by atoms with Crippen LogP contribution in [0, 0.1) is 17.6 Å². The molecule has 2 amide bonds. The SMILES string of the molecule is CC(C)(C)OC(=O)NC[C@H]1C[C@@H](CNC(=O)c2cc(-c3ccc(F)cc3)cc(-c3ccc(F)cc3)c2)N(Cc2ccccc2)C1. The molecule has 0 aliphatic carbocycles. The van der Waals surface area contributed by atoms with E-state index in [9.17, 15) is 18.4 Å². The Kier molecular flexibility index (Phi) is 9.93. The van der Waals surface area contributed by atoms with Crippen molar-refractivity contribution in [2.45, 2.75) is 45.4 Å². The molecule has 2 atom stereocenters. The minimum absolute atomic E-state index is 0.0523. The van der Waals surface area contributed by atoms with Gasteiger partial charge in [0, 0.05) is 37.8 Å². The molecule has 4 aromatic carbocycles. The summed E-state index contributed by atoms with van der Waals surface area (Å²) in [5.74, 6) is -0.738. The molecule has 2 N–H and O–H groups in total. The van der Waals surface area contributed by atoms with Gasteiger partial charge in [-0.05, 0) is 103 Å². The average Bonchev–Trinajstić information content (AvgIpc) is 3.40. The predicted molar refractivity (Wildman–Crippen MR) is 173 cm³/mol. The van der Waals surface area contributed by atoms with Gasteiger partial charge < -0.3 is 15.4 Å². The second kappa shape index (κ2) is 14.0. The van der Waals surface area contributed by atoms with Gasteiger partial charge >= 0.3 is 6.09 Å². The van der Waals surface area contributed by atoms with E-state index in [0.717, 1.165) is 41.8 Å². The van der Waals surface area contributed by atoms with E-state index in [2.05, 4.69) is 27.7 Å². The number of nitrogens with one attached hydrogen (secondary N) is 2. The molecule has 1 aliphatic heterocycles. The summed E-state index contributed by atoms with van der Waals surface area (Å²) in [7, 11) is 0. The normalized spacial score (nSPS) is 16.7. The number of rotatable bonds is 9. The highest BCUT2D eigenvalue weighted by Gasteiger charge is 2.33. The first-order valence-electron chi connectivity index (χ1n) is 15.2. The molecular formula is C37H39F2N3O3. The monoisotopic (exact) mass is 611 g/mol. The lowest BCUT2D eigenvalue weighted by Gasteiger charge is -2.25. The molecule has 1 aliphatic rings. The van der Waals surface area contributed by atoms with Crippen LogP contribution in [-0.4, -0.2) is 48.2 Å². The summed E-state index contributed by atoms with van der Waals surface area (Å²) in [6, 6.07) is 27.9. The lowest BCUT2D eigenvalue weighted by atomic mass is 9.95. The molecule has 1 fully saturated rings. The van der Waals surface area contributed by atoms with Crippen molar-refractivity contribution in [1.29, 1.82) is 0 Å². The summed E-state index contributed by atoms with van der Waals surface area (Å²) in [5, 5.41) is 6.04. The molecule has 8 heteroatoms. The summed E-state index contributed by atoms with van der Waals surface area (Å²) in [4.78, 5) is 28.3. The molecule has 6 nitrogen and oxygen atoms in total. The quantitative estimate of drug-likeness (QED) is 0.206. The maximum absolute atomic E-state index is 13.7. The fourth-order valence-electron chi connectivity index (χ4n) is 5.69. The van der Waals surface area contributed by atoms with Crippen LogP contribution in [0.25, 0.3) is 22.3 Å². The van der Waals surface area contributed by atoms with Crippen molar-refractivity contribution < 1.29 is 23.1 Å². The van der Waals surface area contributed by atoms with Crippen LogP contribution in [0.2, 0.25) is 0 Å². The summed E-state index contributed by atoms with van der Waals surface area (Å²) < 4.78 is 32.7. The van der Waals surface area contributed by atoms with Crippen LogP contribution in [0.4, 0.5) is 13.6 Å². The Bertz CT molecular complexity index is 1540. The van der Waals surface area contributed by atoms with Crippen LogP contribution in [-0.2, 0) is 11.3 Å². The van der Waals surface area contributed by atoms with Crippen LogP contribution in [0.1, 0.15) is 43.1 Å². The van der Waals surface area contributed by atoms with Crippen molar-refractivity contribution in [2.24, 2.45) is 5.92 Å². The summed E-state index contributed by atoms with van der Waals surface area (Å²) >= 11 is 0. The number of likely N-dealkylation sites (tertiary alicyclic amines) is 1. The van der Waals surface area contributed by atoms with E-state index in [4.69, 9.17) is 4.74 Å². The molecular weight excluding hydrogens is 572 g/mol. The van der Waals surface area contributed by atoms with Crippen molar-refractivity contribution in [3.8, 4) is 22.3 Å². The zero-order chi connectivity index (χ0) is 32.0. The van der Waals surface area contributed by atoms with Gasteiger partial charge in [0.15, 0.2) is 0 Å². The van der Waals surface area contributed by atoms with Crippen LogP contribution in [0.5, 0.6) is 0 Å². The van der Waals surface area contributed by atoms with Crippen LogP contribution in [0.15, 0.2) is 97.1 Å². The van der Waals surface area contributed by atoms with Gasteiger partial charge in [-0.3, -0.25) is 9.69 Å². The lowest BCUT2D eigenvalue weighted by molar-refractivity contribution is 0.0519. The van der Waals surface area contributed by atoms with Gasteiger partial charge in [0.1, 0.15) is 17.2 Å². The highest BCUT2D eigenvalue weighted by atomic mass is 19.1. The lowest BCUT2D eigenvalue weighted by Crippen LogP contribution is -2.39. The summed E-state index contributed by atoms with van der Waals surface area (Å²) in [6.07, 6.45) is 0.353. The molecule has 0 aromatic heterocycles. The number of amides is 2. The number of hydrogen-bond acceptors (Lipinski definition) is 4. The Morgan fingerprint density at radius 3 is 1.91 bits per heavy atom. The molecule has 4 aromatic rings. The number of benzene rings is 4. The molecule has 1 saturated heterocycles. The Morgan fingerprint density at radius 2 is 1.36 bits per heavy atom. The van der Waals surface area contributed by atoms with Gasteiger partial charge in [-0.2, -0.15) is 0 Å². The largest absolute Gasteiger partial charge is 0.444 e. The van der Waals surface area contributed by atoms with E-state index < -0.39 is 11.7 Å². The number of carbonyl (C=O) groups excluding carboxylic acids is 2. The summed E-state index contributed by atoms with van der Waals surface area (Å²) in [6.45, 7) is 7.88. The van der Waals surface area contributed by atoms with Gasteiger partial charge in [0.25, 0.3) is 5.91 Å². The van der Waals surface area contributed by atoms with Gasteiger partial charge in [-0.15, -0.1) is 0 Å². The van der Waals surface area contributed by atoms with Crippen molar-refractivity contribution in [3.63, 3.8) is 0 Å². The number of alkyl carbamates (subject to hydrolysis) is 1. The topological polar surface area (TPSA) is 70.7 Å². The first-order valence-corrected chi connectivity index (χ1v) is 15.2. The van der Waals surface area contributed by atoms with Crippen LogP contribution >= 0.6 is 0 Å². The standard InChI is InChI=1S/C37H39F2N3O3/c1-37(2,3)45-36(44)41-21-26-17-34(42(24-26)23-25-7-5-4-6-8-25)22-40-35(43)31-19-29(27-9-13-32(38)14-10-27)18-30(20-31)28-11-15-33(39)16-12-28/h4-16,18-20,26,34H,17,21-24H2,1-3H3,(H,40,43)(H,41,44)/t26-,34+/m1/s1. The zero-order valence-corrected chi connectivity index (χ0v) is 25.9. The van der Waals surface area contributed by atoms with Gasteiger partial charge in [0.05, 0.1) is 0 Å². The van der Waals surface area contributed by atoms with Gasteiger partial charge in [-0.1, -0.05) is 54.6 Å². The second-order valence-corrected chi connectivity index (χ2v) is 12.6. The van der Waals surface area contributed by atoms with E-state index in [1.54, 1.807) is 36.4 Å². The maximum atomic E-state index is 13.7. The number of nitrogens with zero attached hydrogens (tertiary/aromatic N) is 1. The Balaban J connectivity index is 1.33. The average molecular weight is 612 g/mol. The first-order chi connectivity index (χ1) is 21.5. The number of hydrogen-bond donors (Lipinski definition) is 2. The Morgan fingerprint density at radius 1 is 0.778 bits per heavy atom. The Hall–Kier alpha value is -4.56. The minimum Gasteiger partial charge on any atom is -0.444 e. The molecule has 234 valence electrons. The molecule has 0 spiro atoms. The van der Waals surface area contributed by atoms with Gasteiger partial charge in [-0.25, -0.2) is 13.6 Å². The molecule has 0 radical (unpaired) electrons. The number of carbonyl (C=O) groups is 2. The molecule has 0 saturated carbocycles. The summed E-state index contributed by atoms with van der Waals surface area (Å²) in [5.41, 5.74) is 4.08. The smallest absolute Gasteiger partial charge is 0.407 e. The molecule has 1 heterocycles. The van der Waals surface area contributed by atoms with Crippen LogP contribution in [0.3, 0.4) is 0 Å². The van der Waals surface area contributed by atoms with Crippen LogP contribution < -0.4 is 10.6 Å². The highest BCUT2D eigenvalue weighted by Crippen LogP contribution is 2.30. The van der Waals surface area contributed by atoms with E-state index in [-0.39, 0.29) is 29.5 Å². The molecule has 5 rings (SSSR count). The molecule has 0 unspecified atom stereocenters. The first kappa shape index (κ1) is 31.9. The second-order valence-electron chi connectivity index (χ2n) is 12.6. The predicted octanol–water partition coefficient (Wildman–Crippen LogP) is 7.44. The number of halogens is 2. The van der Waals surface area contributed by atoms with Crippen molar-refractivity contribution in [1.82, 2.24) is 15.5 Å². The highest BCUT2D eigenvalue weighted by molar-refractivity contribution is 5.97. The minimum atomic E-state index is -0.573. The fraction of sp³-hybridized carbons (Fsp3) is 0.297. The molecule has 45 heavy (non-hydrogen) atoms. The maximum Gasteiger partial charge on any atom is 0.407 e. The van der Waals surface area contributed by atoms with E-state index in [0.29, 0.717) is 18.7 Å². The van der Waals surface area contributed by atoms with E-state index in [1.807, 2.05) is 45.0 Å². The Labute approximate surface area is 263 Å². The third-order valence-electron chi connectivity index (χ3n) is 7.83. The fourth-order valence-corrected chi connectivity index (χ4v) is 5.69. The third kappa shape index (κ3) is 8.99. The van der Waals surface area contributed by atoms with E-state index in [1.165, 1.54) is 29.8 Å². The molecule has 0 bridgehead atoms. The van der Waals surface area contributed by atoms with Crippen molar-refractivity contribution >= 4 is 12.0 Å². The van der Waals surface area contributed by atoms with Crippen molar-refractivity contribution in [2.75, 3.05) is 19.6 Å². The third-order valence-corrected chi connectivity index (χ3v) is 7.83. The van der Waals surface area contributed by atoms with Gasteiger partial charge in [0.2, 0.25) is 0 Å². The van der Waals surface area contributed by atoms with Crippen molar-refractivity contribution in [3.05, 3.63) is 120 Å². The number of ether oxygens (including phenoxy) is 1. The zero-order valence-electron chi connectivity index (χ0n) is 25.9.